The lowest BCUT2D eigenvalue weighted by molar-refractivity contribution is 0.473. The Bertz CT molecular complexity index is 909. The molecule has 0 aliphatic rings. The molecule has 2 aromatic carbocycles. The van der Waals surface area contributed by atoms with Gasteiger partial charge in [0.05, 0.1) is 0 Å². The van der Waals surface area contributed by atoms with Crippen LogP contribution in [0.3, 0.4) is 0 Å². The smallest absolute Gasteiger partial charge is 0.116 e. The summed E-state index contributed by atoms with van der Waals surface area (Å²) in [5.74, 6) is 0.548. The normalized spacial score (nSPS) is 12.2. The van der Waals surface area contributed by atoms with Gasteiger partial charge < -0.3 is 10.2 Å². The Balaban J connectivity index is 1.90. The van der Waals surface area contributed by atoms with Gasteiger partial charge in [0, 0.05) is 14.7 Å². The third-order valence-electron chi connectivity index (χ3n) is 3.69. The molecule has 0 aliphatic heterocycles. The lowest BCUT2D eigenvalue weighted by Gasteiger charge is -2.05. The van der Waals surface area contributed by atoms with Crippen molar-refractivity contribution in [2.45, 2.75) is 30.6 Å². The van der Waals surface area contributed by atoms with Crippen molar-refractivity contribution in [3.63, 3.8) is 0 Å². The van der Waals surface area contributed by atoms with E-state index in [-0.39, 0.29) is 11.5 Å². The zero-order valence-corrected chi connectivity index (χ0v) is 17.4. The molecule has 27 heavy (non-hydrogen) atoms. The summed E-state index contributed by atoms with van der Waals surface area (Å²) >= 11 is 3.17. The highest BCUT2D eigenvalue weighted by atomic mass is 32.2. The van der Waals surface area contributed by atoms with E-state index in [0.717, 1.165) is 30.7 Å². The third kappa shape index (κ3) is 7.08. The first-order chi connectivity index (χ1) is 12.8. The van der Waals surface area contributed by atoms with Gasteiger partial charge in [-0.1, -0.05) is 66.5 Å². The molecule has 0 aliphatic carbocycles. The Kier molecular flexibility index (Phi) is 7.89. The monoisotopic (exact) mass is 396 g/mol. The minimum absolute atomic E-state index is 0.264. The number of rotatable bonds is 7. The maximum atomic E-state index is 9.61. The molecule has 0 amide bonds. The summed E-state index contributed by atoms with van der Waals surface area (Å²) in [5, 5.41) is 19.2. The molecule has 2 aromatic rings. The Morgan fingerprint density at radius 2 is 1.41 bits per heavy atom. The number of aryl methyl sites for hydroxylation is 2. The molecule has 2 nitrogen and oxygen atoms in total. The largest absolute Gasteiger partial charge is 0.508 e. The quantitative estimate of drug-likeness (QED) is 0.386. The van der Waals surface area contributed by atoms with Crippen molar-refractivity contribution in [3.05, 3.63) is 94.3 Å². The van der Waals surface area contributed by atoms with Crippen LogP contribution in [0.15, 0.2) is 93.0 Å². The summed E-state index contributed by atoms with van der Waals surface area (Å²) < 4.78 is 0. The van der Waals surface area contributed by atoms with Gasteiger partial charge in [-0.2, -0.15) is 0 Å². The van der Waals surface area contributed by atoms with E-state index in [4.69, 9.17) is 0 Å². The van der Waals surface area contributed by atoms with E-state index in [2.05, 4.69) is 6.58 Å². The van der Waals surface area contributed by atoms with Crippen LogP contribution in [0, 0.1) is 13.8 Å². The summed E-state index contributed by atoms with van der Waals surface area (Å²) in [7, 11) is 0. The highest BCUT2D eigenvalue weighted by molar-refractivity contribution is 8.03. The van der Waals surface area contributed by atoms with Gasteiger partial charge in [0.25, 0.3) is 0 Å². The van der Waals surface area contributed by atoms with Crippen LogP contribution in [0.2, 0.25) is 0 Å². The van der Waals surface area contributed by atoms with Crippen LogP contribution >= 0.6 is 23.5 Å². The minimum Gasteiger partial charge on any atom is -0.508 e. The van der Waals surface area contributed by atoms with Gasteiger partial charge >= 0.3 is 0 Å². The Morgan fingerprint density at radius 3 is 2.00 bits per heavy atom. The fourth-order valence-electron chi connectivity index (χ4n) is 2.20. The van der Waals surface area contributed by atoms with Gasteiger partial charge in [-0.25, -0.2) is 0 Å². The summed E-state index contributed by atoms with van der Waals surface area (Å²) in [5.41, 5.74) is 2.26. The zero-order chi connectivity index (χ0) is 19.8. The van der Waals surface area contributed by atoms with Crippen LogP contribution in [-0.2, 0) is 0 Å². The third-order valence-corrected chi connectivity index (χ3v) is 5.87. The number of thioether (sulfide) groups is 2. The predicted octanol–water partition coefficient (Wildman–Crippen LogP) is 7.13. The standard InChI is InChI=1S/C23H24O2S2/c1-16-10-12-20(24)14-22(16)26-18(3)8-6-5-7-9-19(4)27-23-15-21(25)13-11-17(23)2/h5-15,24-25H,3H2,1-2,4H3/b7-5+,8-6+,19-9-. The number of hydrogen-bond donors (Lipinski definition) is 2. The van der Waals surface area contributed by atoms with Gasteiger partial charge in [-0.3, -0.25) is 0 Å². The van der Waals surface area contributed by atoms with Crippen LogP contribution in [0.4, 0.5) is 0 Å². The first-order valence-corrected chi connectivity index (χ1v) is 10.1. The molecule has 0 spiro atoms. The maximum absolute atomic E-state index is 9.61. The predicted molar refractivity (Wildman–Crippen MR) is 119 cm³/mol. The molecule has 140 valence electrons. The SMILES string of the molecule is C=C(/C=C/C=C/C=C(/C)Sc1cc(O)ccc1C)Sc1cc(O)ccc1C. The molecule has 2 N–H and O–H groups in total. The van der Waals surface area contributed by atoms with Crippen LogP contribution in [0.1, 0.15) is 18.1 Å². The van der Waals surface area contributed by atoms with E-state index in [1.807, 2.05) is 63.3 Å². The number of benzene rings is 2. The summed E-state index contributed by atoms with van der Waals surface area (Å²) in [6.45, 7) is 10.1. The molecule has 0 fully saturated rings. The fraction of sp³-hybridized carbons (Fsp3) is 0.130. The van der Waals surface area contributed by atoms with Crippen LogP contribution in [-0.4, -0.2) is 10.2 Å². The Hall–Kier alpha value is -2.30. The van der Waals surface area contributed by atoms with Crippen molar-refractivity contribution in [2.75, 3.05) is 0 Å². The number of phenolic OH excluding ortho intramolecular Hbond substituents is 2. The number of allylic oxidation sites excluding steroid dienone is 6. The second-order valence-electron chi connectivity index (χ2n) is 6.09. The van der Waals surface area contributed by atoms with Crippen LogP contribution in [0.25, 0.3) is 0 Å². The number of hydrogen-bond acceptors (Lipinski definition) is 4. The molecule has 0 saturated carbocycles. The van der Waals surface area contributed by atoms with E-state index >= 15 is 0 Å². The lowest BCUT2D eigenvalue weighted by Crippen LogP contribution is -1.79. The first kappa shape index (κ1) is 21.0. The lowest BCUT2D eigenvalue weighted by atomic mass is 10.2. The van der Waals surface area contributed by atoms with E-state index < -0.39 is 0 Å². The van der Waals surface area contributed by atoms with Gasteiger partial charge in [0.15, 0.2) is 0 Å². The van der Waals surface area contributed by atoms with Crippen molar-refractivity contribution in [2.24, 2.45) is 0 Å². The zero-order valence-electron chi connectivity index (χ0n) is 15.8. The van der Waals surface area contributed by atoms with Crippen molar-refractivity contribution in [1.29, 1.82) is 0 Å². The summed E-state index contributed by atoms with van der Waals surface area (Å²) in [6.07, 6.45) is 9.87. The number of phenols is 2. The van der Waals surface area contributed by atoms with E-state index in [9.17, 15) is 10.2 Å². The second kappa shape index (κ2) is 10.1. The highest BCUT2D eigenvalue weighted by Gasteiger charge is 2.02. The molecule has 0 heterocycles. The first-order valence-electron chi connectivity index (χ1n) is 8.50. The highest BCUT2D eigenvalue weighted by Crippen LogP contribution is 2.32. The fourth-order valence-corrected chi connectivity index (χ4v) is 3.94. The van der Waals surface area contributed by atoms with E-state index in [1.54, 1.807) is 36.0 Å². The van der Waals surface area contributed by atoms with Gasteiger partial charge in [0.1, 0.15) is 11.5 Å². The molecule has 2 rings (SSSR count). The summed E-state index contributed by atoms with van der Waals surface area (Å²) in [4.78, 5) is 4.09. The van der Waals surface area contributed by atoms with Gasteiger partial charge in [0.2, 0.25) is 0 Å². The van der Waals surface area contributed by atoms with Crippen molar-refractivity contribution in [1.82, 2.24) is 0 Å². The molecule has 0 unspecified atom stereocenters. The minimum atomic E-state index is 0.264. The number of aromatic hydroxyl groups is 2. The molecule has 0 bridgehead atoms. The van der Waals surface area contributed by atoms with Crippen LogP contribution in [0.5, 0.6) is 11.5 Å². The Labute approximate surface area is 170 Å². The Morgan fingerprint density at radius 1 is 0.852 bits per heavy atom. The molecule has 4 heteroatoms. The molecule has 0 radical (unpaired) electrons. The average Bonchev–Trinajstić information content (AvgIpc) is 2.61. The molecular formula is C23H24O2S2. The van der Waals surface area contributed by atoms with E-state index in [0.29, 0.717) is 0 Å². The van der Waals surface area contributed by atoms with Gasteiger partial charge in [-0.15, -0.1) is 0 Å². The van der Waals surface area contributed by atoms with Crippen LogP contribution < -0.4 is 0 Å². The molecule has 0 atom stereocenters. The van der Waals surface area contributed by atoms with Gasteiger partial charge in [-0.05, 0) is 67.1 Å². The molecule has 0 aromatic heterocycles. The summed E-state index contributed by atoms with van der Waals surface area (Å²) in [6, 6.07) is 10.7. The van der Waals surface area contributed by atoms with Crippen molar-refractivity contribution < 1.29 is 10.2 Å². The second-order valence-corrected chi connectivity index (χ2v) is 8.55. The van der Waals surface area contributed by atoms with Crippen molar-refractivity contribution >= 4 is 23.5 Å². The molecular weight excluding hydrogens is 372 g/mol. The maximum Gasteiger partial charge on any atom is 0.116 e. The topological polar surface area (TPSA) is 40.5 Å². The molecule has 0 saturated heterocycles. The van der Waals surface area contributed by atoms with Crippen molar-refractivity contribution in [3.8, 4) is 11.5 Å². The van der Waals surface area contributed by atoms with E-state index in [1.165, 1.54) is 11.8 Å². The average molecular weight is 397 g/mol.